The first kappa shape index (κ1) is 26.4. The normalized spacial score (nSPS) is 15.3. The second kappa shape index (κ2) is 9.05. The number of nitrogens with zero attached hydrogens (tertiary/aromatic N) is 2. The maximum atomic E-state index is 7.28. The van der Waals surface area contributed by atoms with E-state index in [1.165, 1.54) is 55.9 Å². The molecule has 1 aromatic heterocycles. The van der Waals surface area contributed by atoms with Gasteiger partial charge in [0.1, 0.15) is 5.76 Å². The van der Waals surface area contributed by atoms with Crippen molar-refractivity contribution in [2.24, 2.45) is 0 Å². The van der Waals surface area contributed by atoms with Crippen LogP contribution in [0.25, 0.3) is 11.1 Å². The molecule has 4 heteroatoms. The summed E-state index contributed by atoms with van der Waals surface area (Å²) < 4.78 is 7.28. The number of para-hydroxylation sites is 2. The van der Waals surface area contributed by atoms with Crippen molar-refractivity contribution in [3.05, 3.63) is 138 Å². The number of furan rings is 1. The van der Waals surface area contributed by atoms with Crippen molar-refractivity contribution in [1.82, 2.24) is 0 Å². The molecule has 0 bridgehead atoms. The van der Waals surface area contributed by atoms with Gasteiger partial charge in [-0.25, -0.2) is 0 Å². The predicted molar refractivity (Wildman–Crippen MR) is 189 cm³/mol. The van der Waals surface area contributed by atoms with Gasteiger partial charge in [-0.1, -0.05) is 99.6 Å². The van der Waals surface area contributed by atoms with Crippen LogP contribution in [-0.2, 0) is 10.8 Å². The molecule has 5 aromatic carbocycles. The lowest BCUT2D eigenvalue weighted by Gasteiger charge is -2.43. The van der Waals surface area contributed by atoms with Crippen LogP contribution in [0.2, 0.25) is 0 Å². The molecule has 6 aromatic rings. The summed E-state index contributed by atoms with van der Waals surface area (Å²) in [6.45, 7) is 11.5. The fourth-order valence-electron chi connectivity index (χ4n) is 7.97. The number of hydrogen-bond donors (Lipinski definition) is 0. The van der Waals surface area contributed by atoms with Gasteiger partial charge in [-0.3, -0.25) is 0 Å². The molecule has 0 unspecified atom stereocenters. The lowest BCUT2D eigenvalue weighted by atomic mass is 9.35. The molecule has 45 heavy (non-hydrogen) atoms. The largest absolute Gasteiger partial charge is 0.471 e. The summed E-state index contributed by atoms with van der Waals surface area (Å²) in [7, 11) is 0. The lowest BCUT2D eigenvalue weighted by Crippen LogP contribution is -2.61. The lowest BCUT2D eigenvalue weighted by molar-refractivity contribution is 0.457. The molecule has 3 aliphatic rings. The van der Waals surface area contributed by atoms with Gasteiger partial charge in [0.15, 0.2) is 0 Å². The SMILES string of the molecule is CC(C)(C)c1ccc2c(c1)N(c1ccccc1)c1cccc3c1B2c1oc2c(c1N3c1ccccc1)-c1ccccc1C2(C)C. The van der Waals surface area contributed by atoms with Gasteiger partial charge >= 0.3 is 0 Å². The Hall–Kier alpha value is -4.96. The Morgan fingerprint density at radius 2 is 1.27 bits per heavy atom. The molecule has 0 amide bonds. The number of hydrogen-bond acceptors (Lipinski definition) is 3. The number of rotatable bonds is 2. The summed E-state index contributed by atoms with van der Waals surface area (Å²) in [4.78, 5) is 4.92. The van der Waals surface area contributed by atoms with E-state index in [1.807, 2.05) is 0 Å². The van der Waals surface area contributed by atoms with Crippen LogP contribution < -0.4 is 26.4 Å². The molecule has 2 aliphatic heterocycles. The minimum Gasteiger partial charge on any atom is -0.471 e. The van der Waals surface area contributed by atoms with E-state index >= 15 is 0 Å². The van der Waals surface area contributed by atoms with Crippen molar-refractivity contribution in [2.45, 2.75) is 45.4 Å². The van der Waals surface area contributed by atoms with Gasteiger partial charge in [-0.05, 0) is 89.3 Å². The molecular formula is C41H35BN2O. The van der Waals surface area contributed by atoms with Crippen LogP contribution in [0.4, 0.5) is 34.1 Å². The summed E-state index contributed by atoms with van der Waals surface area (Å²) in [6.07, 6.45) is 0. The second-order valence-corrected chi connectivity index (χ2v) is 14.2. The Bertz CT molecular complexity index is 2140. The van der Waals surface area contributed by atoms with Crippen LogP contribution in [0.3, 0.4) is 0 Å². The molecule has 1 aliphatic carbocycles. The van der Waals surface area contributed by atoms with Gasteiger partial charge in [0, 0.05) is 39.4 Å². The Kier molecular flexibility index (Phi) is 5.32. The Morgan fingerprint density at radius 1 is 0.644 bits per heavy atom. The van der Waals surface area contributed by atoms with Gasteiger partial charge in [-0.15, -0.1) is 0 Å². The quantitative estimate of drug-likeness (QED) is 0.190. The highest BCUT2D eigenvalue weighted by Gasteiger charge is 2.51. The smallest absolute Gasteiger partial charge is 0.297 e. The van der Waals surface area contributed by atoms with Gasteiger partial charge in [-0.2, -0.15) is 0 Å². The average Bonchev–Trinajstić information content (AvgIpc) is 3.55. The second-order valence-electron chi connectivity index (χ2n) is 14.2. The summed E-state index contributed by atoms with van der Waals surface area (Å²) in [5.74, 6) is 1.06. The molecule has 3 heterocycles. The fraction of sp³-hybridized carbons (Fsp3) is 0.171. The third kappa shape index (κ3) is 3.54. The molecule has 0 N–H and O–H groups in total. The summed E-state index contributed by atoms with van der Waals surface area (Å²) in [5, 5.41) is 0. The van der Waals surface area contributed by atoms with Crippen molar-refractivity contribution in [2.75, 3.05) is 9.80 Å². The van der Waals surface area contributed by atoms with Gasteiger partial charge in [0.2, 0.25) is 0 Å². The van der Waals surface area contributed by atoms with Crippen LogP contribution >= 0.6 is 0 Å². The first-order chi connectivity index (χ1) is 21.7. The zero-order valence-corrected chi connectivity index (χ0v) is 26.4. The van der Waals surface area contributed by atoms with E-state index in [1.54, 1.807) is 0 Å². The van der Waals surface area contributed by atoms with E-state index < -0.39 is 0 Å². The summed E-state index contributed by atoms with van der Waals surface area (Å²) in [6, 6.07) is 44.4. The van der Waals surface area contributed by atoms with Crippen LogP contribution in [0.15, 0.2) is 126 Å². The third-order valence-corrected chi connectivity index (χ3v) is 10.1. The molecule has 0 saturated carbocycles. The van der Waals surface area contributed by atoms with Crippen molar-refractivity contribution >= 4 is 57.4 Å². The summed E-state index contributed by atoms with van der Waals surface area (Å²) in [5.41, 5.74) is 15.6. The number of fused-ring (bicyclic) bond motifs is 8. The van der Waals surface area contributed by atoms with E-state index in [-0.39, 0.29) is 17.5 Å². The highest BCUT2D eigenvalue weighted by Crippen LogP contribution is 2.56. The van der Waals surface area contributed by atoms with Gasteiger partial charge in [0.25, 0.3) is 6.71 Å². The molecule has 0 fully saturated rings. The van der Waals surface area contributed by atoms with Crippen LogP contribution in [-0.4, -0.2) is 6.71 Å². The van der Waals surface area contributed by atoms with Crippen molar-refractivity contribution < 1.29 is 4.42 Å². The van der Waals surface area contributed by atoms with E-state index in [4.69, 9.17) is 4.42 Å². The standard InChI is InChI=1S/C41H35BN2O/c1-40(2,3)26-23-24-31-34(25-26)43(27-15-8-6-9-16-27)32-21-14-22-33-36(32)42(31)39-37(44(33)28-17-10-7-11-18-28)35-29-19-12-13-20-30(29)41(4,5)38(35)45-39/h6-25H,1-5H3. The minimum absolute atomic E-state index is 0.0148. The Balaban J connectivity index is 1.41. The monoisotopic (exact) mass is 582 g/mol. The van der Waals surface area contributed by atoms with Crippen molar-refractivity contribution in [3.8, 4) is 11.1 Å². The van der Waals surface area contributed by atoms with E-state index in [2.05, 4.69) is 166 Å². The molecule has 218 valence electrons. The zero-order valence-electron chi connectivity index (χ0n) is 26.4. The molecular weight excluding hydrogens is 547 g/mol. The van der Waals surface area contributed by atoms with Crippen molar-refractivity contribution in [3.63, 3.8) is 0 Å². The predicted octanol–water partition coefficient (Wildman–Crippen LogP) is 8.97. The minimum atomic E-state index is -0.246. The Morgan fingerprint density at radius 3 is 1.96 bits per heavy atom. The highest BCUT2D eigenvalue weighted by molar-refractivity contribution is 6.99. The number of anilines is 6. The van der Waals surface area contributed by atoms with Crippen LogP contribution in [0.1, 0.15) is 51.5 Å². The van der Waals surface area contributed by atoms with E-state index in [0.29, 0.717) is 0 Å². The molecule has 0 saturated heterocycles. The molecule has 0 atom stereocenters. The molecule has 3 nitrogen and oxygen atoms in total. The van der Waals surface area contributed by atoms with E-state index in [0.717, 1.165) is 22.8 Å². The molecule has 0 radical (unpaired) electrons. The maximum Gasteiger partial charge on any atom is 0.297 e. The van der Waals surface area contributed by atoms with Crippen molar-refractivity contribution in [1.29, 1.82) is 0 Å². The first-order valence-electron chi connectivity index (χ1n) is 16.0. The van der Waals surface area contributed by atoms with Gasteiger partial charge in [0.05, 0.1) is 11.3 Å². The molecule has 9 rings (SSSR count). The molecule has 0 spiro atoms. The van der Waals surface area contributed by atoms with E-state index in [9.17, 15) is 0 Å². The van der Waals surface area contributed by atoms with Crippen LogP contribution in [0, 0.1) is 0 Å². The fourth-order valence-corrected chi connectivity index (χ4v) is 7.97. The highest BCUT2D eigenvalue weighted by atomic mass is 16.3. The van der Waals surface area contributed by atoms with Crippen LogP contribution in [0.5, 0.6) is 0 Å². The summed E-state index contributed by atoms with van der Waals surface area (Å²) >= 11 is 0. The first-order valence-corrected chi connectivity index (χ1v) is 16.0. The average molecular weight is 583 g/mol. The number of benzene rings is 5. The zero-order chi connectivity index (χ0) is 30.7. The maximum absolute atomic E-state index is 7.28. The topological polar surface area (TPSA) is 19.6 Å². The third-order valence-electron chi connectivity index (χ3n) is 10.1. The Labute approximate surface area is 265 Å². The van der Waals surface area contributed by atoms with Gasteiger partial charge < -0.3 is 14.2 Å².